The zero-order chi connectivity index (χ0) is 21.7. The number of hydrogen-bond acceptors (Lipinski definition) is 7. The molecule has 3 rings (SSSR count). The number of aromatic nitrogens is 2. The van der Waals surface area contributed by atoms with Gasteiger partial charge in [0.25, 0.3) is 0 Å². The van der Waals surface area contributed by atoms with Crippen LogP contribution in [0.15, 0.2) is 57.8 Å². The molecule has 0 atom stereocenters. The lowest BCUT2D eigenvalue weighted by molar-refractivity contribution is -0.116. The van der Waals surface area contributed by atoms with Gasteiger partial charge in [0, 0.05) is 17.8 Å². The minimum atomic E-state index is -3.80. The number of carbonyl (C=O) groups is 1. The molecule has 0 aliphatic carbocycles. The second-order valence-electron chi connectivity index (χ2n) is 6.41. The van der Waals surface area contributed by atoms with Crippen LogP contribution in [0.25, 0.3) is 0 Å². The van der Waals surface area contributed by atoms with Gasteiger partial charge in [0.05, 0.1) is 11.4 Å². The van der Waals surface area contributed by atoms with Crippen LogP contribution in [0.2, 0.25) is 5.02 Å². The summed E-state index contributed by atoms with van der Waals surface area (Å²) in [4.78, 5) is 12.3. The van der Waals surface area contributed by atoms with Gasteiger partial charge in [-0.2, -0.15) is 4.31 Å². The van der Waals surface area contributed by atoms with Crippen LogP contribution < -0.4 is 5.32 Å². The molecule has 0 aliphatic heterocycles. The molecule has 0 unspecified atom stereocenters. The monoisotopic (exact) mass is 482 g/mol. The molecule has 2 aromatic carbocycles. The third-order valence-electron chi connectivity index (χ3n) is 4.02. The summed E-state index contributed by atoms with van der Waals surface area (Å²) in [7, 11) is -2.46. The predicted molar refractivity (Wildman–Crippen MR) is 121 cm³/mol. The van der Waals surface area contributed by atoms with E-state index in [9.17, 15) is 13.2 Å². The van der Waals surface area contributed by atoms with E-state index in [1.807, 2.05) is 6.92 Å². The van der Waals surface area contributed by atoms with Gasteiger partial charge in [-0.3, -0.25) is 10.1 Å². The Labute approximate surface area is 188 Å². The van der Waals surface area contributed by atoms with Crippen LogP contribution in [0.4, 0.5) is 5.13 Å². The number of aryl methyl sites for hydroxylation is 1. The van der Waals surface area contributed by atoms with Crippen molar-refractivity contribution in [3.05, 3.63) is 64.7 Å². The molecule has 1 heterocycles. The summed E-state index contributed by atoms with van der Waals surface area (Å²) in [6, 6.07) is 14.0. The molecule has 0 aliphatic rings. The van der Waals surface area contributed by atoms with Crippen LogP contribution in [-0.2, 0) is 20.6 Å². The fourth-order valence-corrected chi connectivity index (χ4v) is 5.36. The minimum Gasteiger partial charge on any atom is -0.299 e. The number of rotatable bonds is 8. The van der Waals surface area contributed by atoms with E-state index in [-0.39, 0.29) is 11.4 Å². The number of carbonyl (C=O) groups excluding carboxylic acids is 1. The molecule has 11 heteroatoms. The topological polar surface area (TPSA) is 92.3 Å². The van der Waals surface area contributed by atoms with Crippen LogP contribution >= 0.6 is 34.7 Å². The predicted octanol–water partition coefficient (Wildman–Crippen LogP) is 4.05. The molecular formula is C19H19ClN4O3S3. The second kappa shape index (κ2) is 9.88. The number of nitrogens with one attached hydrogen (secondary N) is 1. The second-order valence-corrected chi connectivity index (χ2v) is 11.1. The van der Waals surface area contributed by atoms with Gasteiger partial charge in [-0.1, -0.05) is 64.5 Å². The van der Waals surface area contributed by atoms with Crippen LogP contribution in [0.3, 0.4) is 0 Å². The van der Waals surface area contributed by atoms with E-state index in [0.717, 1.165) is 10.1 Å². The average molecular weight is 483 g/mol. The zero-order valence-electron chi connectivity index (χ0n) is 16.2. The highest BCUT2D eigenvalue weighted by atomic mass is 35.5. The van der Waals surface area contributed by atoms with Gasteiger partial charge in [-0.25, -0.2) is 8.42 Å². The summed E-state index contributed by atoms with van der Waals surface area (Å²) in [5.41, 5.74) is 2.37. The molecule has 30 heavy (non-hydrogen) atoms. The minimum absolute atomic E-state index is 0.0629. The van der Waals surface area contributed by atoms with Crippen molar-refractivity contribution in [2.75, 3.05) is 18.9 Å². The van der Waals surface area contributed by atoms with Crippen LogP contribution in [-0.4, -0.2) is 42.4 Å². The fourth-order valence-electron chi connectivity index (χ4n) is 2.38. The van der Waals surface area contributed by atoms with E-state index in [1.54, 1.807) is 0 Å². The van der Waals surface area contributed by atoms with Crippen molar-refractivity contribution in [3.8, 4) is 0 Å². The summed E-state index contributed by atoms with van der Waals surface area (Å²) in [6.45, 7) is 1.69. The number of amides is 1. The lowest BCUT2D eigenvalue weighted by atomic mass is 10.2. The third-order valence-corrected chi connectivity index (χ3v) is 8.14. The van der Waals surface area contributed by atoms with E-state index >= 15 is 0 Å². The lowest BCUT2D eigenvalue weighted by Gasteiger charge is -2.16. The number of hydrogen-bond donors (Lipinski definition) is 1. The van der Waals surface area contributed by atoms with Gasteiger partial charge >= 0.3 is 0 Å². The zero-order valence-corrected chi connectivity index (χ0v) is 19.4. The number of benzene rings is 2. The Morgan fingerprint density at radius 3 is 2.47 bits per heavy atom. The normalized spacial score (nSPS) is 11.6. The molecular weight excluding hydrogens is 464 g/mol. The first-order chi connectivity index (χ1) is 14.2. The quantitative estimate of drug-likeness (QED) is 0.384. The molecule has 1 N–H and O–H groups in total. The van der Waals surface area contributed by atoms with Gasteiger partial charge in [0.2, 0.25) is 21.1 Å². The number of likely N-dealkylation sites (N-methyl/N-ethyl adjacent to an activating group) is 1. The molecule has 0 radical (unpaired) electrons. The highest BCUT2D eigenvalue weighted by Gasteiger charge is 2.23. The maximum Gasteiger partial charge on any atom is 0.243 e. The van der Waals surface area contributed by atoms with Gasteiger partial charge in [-0.05, 0) is 36.8 Å². The van der Waals surface area contributed by atoms with Crippen LogP contribution in [0.1, 0.15) is 11.1 Å². The molecule has 0 spiro atoms. The summed E-state index contributed by atoms with van der Waals surface area (Å²) in [6.07, 6.45) is 0. The number of thioether (sulfide) groups is 1. The van der Waals surface area contributed by atoms with E-state index in [0.29, 0.717) is 14.5 Å². The van der Waals surface area contributed by atoms with Crippen LogP contribution in [0.5, 0.6) is 0 Å². The van der Waals surface area contributed by atoms with Crippen molar-refractivity contribution >= 4 is 55.8 Å². The first kappa shape index (κ1) is 22.7. The molecule has 158 valence electrons. The lowest BCUT2D eigenvalue weighted by Crippen LogP contribution is -2.34. The van der Waals surface area contributed by atoms with Gasteiger partial charge in [0.1, 0.15) is 0 Å². The van der Waals surface area contributed by atoms with Crippen LogP contribution in [0, 0.1) is 6.92 Å². The Balaban J connectivity index is 1.54. The molecule has 3 aromatic rings. The summed E-state index contributed by atoms with van der Waals surface area (Å²) in [5, 5.41) is 11.4. The van der Waals surface area contributed by atoms with Crippen molar-refractivity contribution < 1.29 is 13.2 Å². The van der Waals surface area contributed by atoms with Gasteiger partial charge in [0.15, 0.2) is 4.34 Å². The van der Waals surface area contributed by atoms with Crippen molar-refractivity contribution in [1.29, 1.82) is 0 Å². The Morgan fingerprint density at radius 2 is 1.80 bits per heavy atom. The number of nitrogens with zero attached hydrogens (tertiary/aromatic N) is 3. The fraction of sp³-hybridized carbons (Fsp3) is 0.211. The SMILES string of the molecule is Cc1ccc(CSc2nnc(NC(=O)CN(C)S(=O)(=O)c3ccc(Cl)cc3)s2)cc1. The first-order valence-electron chi connectivity index (χ1n) is 8.77. The summed E-state index contributed by atoms with van der Waals surface area (Å²) in [5.74, 6) is 0.242. The smallest absolute Gasteiger partial charge is 0.243 e. The molecule has 0 saturated carbocycles. The van der Waals surface area contributed by atoms with Crippen molar-refractivity contribution in [3.63, 3.8) is 0 Å². The summed E-state index contributed by atoms with van der Waals surface area (Å²) >= 11 is 8.56. The van der Waals surface area contributed by atoms with E-state index < -0.39 is 15.9 Å². The Hall–Kier alpha value is -1.98. The van der Waals surface area contributed by atoms with Crippen molar-refractivity contribution in [2.24, 2.45) is 0 Å². The Kier molecular flexibility index (Phi) is 7.48. The molecule has 1 amide bonds. The Morgan fingerprint density at radius 1 is 1.13 bits per heavy atom. The standard InChI is InChI=1S/C19H19ClN4O3S3/c1-13-3-5-14(6-4-13)12-28-19-23-22-18(29-19)21-17(25)11-24(2)30(26,27)16-9-7-15(20)8-10-16/h3-10H,11-12H2,1-2H3,(H,21,22,25). The highest BCUT2D eigenvalue weighted by Crippen LogP contribution is 2.28. The Bertz CT molecular complexity index is 1120. The molecule has 0 fully saturated rings. The largest absolute Gasteiger partial charge is 0.299 e. The molecule has 0 saturated heterocycles. The number of anilines is 1. The van der Waals surface area contributed by atoms with Gasteiger partial charge in [-0.15, -0.1) is 10.2 Å². The molecule has 0 bridgehead atoms. The highest BCUT2D eigenvalue weighted by molar-refractivity contribution is 8.00. The number of halogens is 1. The summed E-state index contributed by atoms with van der Waals surface area (Å²) < 4.78 is 26.8. The third kappa shape index (κ3) is 6.02. The van der Waals surface area contributed by atoms with E-state index in [2.05, 4.69) is 39.8 Å². The van der Waals surface area contributed by atoms with Crippen molar-refractivity contribution in [2.45, 2.75) is 21.9 Å². The average Bonchev–Trinajstić information content (AvgIpc) is 3.15. The molecule has 7 nitrogen and oxygen atoms in total. The maximum atomic E-state index is 12.6. The number of sulfonamides is 1. The van der Waals surface area contributed by atoms with Gasteiger partial charge < -0.3 is 0 Å². The first-order valence-corrected chi connectivity index (χ1v) is 12.4. The van der Waals surface area contributed by atoms with E-state index in [1.165, 1.54) is 65.5 Å². The maximum absolute atomic E-state index is 12.6. The molecule has 1 aromatic heterocycles. The van der Waals surface area contributed by atoms with E-state index in [4.69, 9.17) is 11.6 Å². The van der Waals surface area contributed by atoms with Crippen molar-refractivity contribution in [1.82, 2.24) is 14.5 Å².